The number of aliphatic hydroxyl groups is 1. The van der Waals surface area contributed by atoms with Crippen molar-refractivity contribution in [3.05, 3.63) is 58.2 Å². The molecular weight excluding hydrogens is 597 g/mol. The minimum atomic E-state index is -5.91. The van der Waals surface area contributed by atoms with Gasteiger partial charge in [-0.3, -0.25) is 14.4 Å². The number of ether oxygens (including phenoxy) is 1. The third-order valence-corrected chi connectivity index (χ3v) is 11.6. The van der Waals surface area contributed by atoms with Crippen LogP contribution in [-0.2, 0) is 14.3 Å². The fraction of sp³-hybridized carbons (Fsp3) is 0.618. The summed E-state index contributed by atoms with van der Waals surface area (Å²) in [5, 5.41) is 11.4. The molecule has 4 aliphatic carbocycles. The van der Waals surface area contributed by atoms with Gasteiger partial charge < -0.3 is 14.7 Å². The van der Waals surface area contributed by atoms with Gasteiger partial charge in [-0.1, -0.05) is 24.6 Å². The zero-order valence-electron chi connectivity index (χ0n) is 25.4. The van der Waals surface area contributed by atoms with Crippen molar-refractivity contribution in [2.75, 3.05) is 20.2 Å². The van der Waals surface area contributed by atoms with Crippen molar-refractivity contribution >= 4 is 17.7 Å². The first kappa shape index (κ1) is 31.9. The topological polar surface area (TPSA) is 83.9 Å². The maximum absolute atomic E-state index is 15.2. The van der Waals surface area contributed by atoms with Crippen LogP contribution in [0, 0.1) is 23.2 Å². The second kappa shape index (κ2) is 11.0. The molecule has 1 saturated heterocycles. The molecule has 0 spiro atoms. The highest BCUT2D eigenvalue weighted by Crippen LogP contribution is 2.70. The van der Waals surface area contributed by atoms with Gasteiger partial charge in [0.25, 0.3) is 5.91 Å². The van der Waals surface area contributed by atoms with Crippen LogP contribution in [0.2, 0.25) is 0 Å². The molecule has 244 valence electrons. The molecule has 1 amide bonds. The van der Waals surface area contributed by atoms with Crippen LogP contribution in [0.15, 0.2) is 47.1 Å². The number of carbonyl (C=O) groups is 3. The second-order valence-corrected chi connectivity index (χ2v) is 13.7. The average Bonchev–Trinajstić information content (AvgIpc) is 3.30. The van der Waals surface area contributed by atoms with E-state index >= 15 is 8.78 Å². The predicted molar refractivity (Wildman–Crippen MR) is 153 cm³/mol. The van der Waals surface area contributed by atoms with Gasteiger partial charge in [-0.25, -0.2) is 0 Å². The van der Waals surface area contributed by atoms with E-state index in [-0.39, 0.29) is 42.3 Å². The minimum Gasteiger partial charge on any atom is -0.469 e. The van der Waals surface area contributed by atoms with Crippen molar-refractivity contribution in [1.82, 2.24) is 4.90 Å². The molecule has 45 heavy (non-hydrogen) atoms. The van der Waals surface area contributed by atoms with Crippen molar-refractivity contribution in [3.63, 3.8) is 0 Å². The van der Waals surface area contributed by atoms with Crippen LogP contribution < -0.4 is 0 Å². The lowest BCUT2D eigenvalue weighted by molar-refractivity contribution is -0.362. The minimum absolute atomic E-state index is 0.0172. The molecule has 6 nitrogen and oxygen atoms in total. The molecule has 1 aromatic carbocycles. The number of ketones is 1. The van der Waals surface area contributed by atoms with Crippen LogP contribution in [0.5, 0.6) is 0 Å². The summed E-state index contributed by atoms with van der Waals surface area (Å²) in [6.07, 6.45) is -2.21. The molecule has 11 heteroatoms. The first-order valence-corrected chi connectivity index (χ1v) is 15.7. The van der Waals surface area contributed by atoms with Crippen LogP contribution in [-0.4, -0.2) is 65.6 Å². The van der Waals surface area contributed by atoms with E-state index in [2.05, 4.69) is 0 Å². The SMILES string of the molecule is COC(=O)C1CCN(C(=O)c2ccc([C@H]3CC4(C)[C@@H](CC[C@@]4(O)C(F)(F)C(F)(F)F)C4CCC5=CC(=O)CCC5=C43)cc2)CC1. The van der Waals surface area contributed by atoms with Crippen molar-refractivity contribution < 1.29 is 46.2 Å². The molecule has 1 aliphatic heterocycles. The molecular formula is C34H38F5NO5. The molecule has 5 aliphatic rings. The van der Waals surface area contributed by atoms with Gasteiger partial charge in [-0.15, -0.1) is 0 Å². The molecule has 1 aromatic rings. The largest absolute Gasteiger partial charge is 0.469 e. The third kappa shape index (κ3) is 4.86. The molecule has 1 N–H and O–H groups in total. The first-order chi connectivity index (χ1) is 21.1. The fourth-order valence-corrected chi connectivity index (χ4v) is 9.24. The molecule has 1 heterocycles. The standard InChI is InChI=1S/C34H38F5NO5/c1-31-18-26(19-3-5-20(6-4-19)29(42)40-15-12-21(13-16-40)30(43)45-2)28-24-10-8-23(41)17-22(24)7-9-25(28)27(31)11-14-32(31,44)33(35,36)34(37,38)39/h3-6,17,21,25-27,44H,7-16,18H2,1-2H3/t25?,26-,27+,31?,32+/m1/s1. The number of alkyl halides is 5. The number of nitrogens with zero attached hydrogens (tertiary/aromatic N) is 1. The molecule has 5 atom stereocenters. The van der Waals surface area contributed by atoms with E-state index in [9.17, 15) is 32.7 Å². The lowest BCUT2D eigenvalue weighted by Crippen LogP contribution is -2.65. The predicted octanol–water partition coefficient (Wildman–Crippen LogP) is 6.54. The number of allylic oxidation sites excluding steroid dienone is 4. The zero-order valence-corrected chi connectivity index (χ0v) is 25.4. The highest BCUT2D eigenvalue weighted by molar-refractivity contribution is 5.94. The van der Waals surface area contributed by atoms with Gasteiger partial charge in [-0.2, -0.15) is 22.0 Å². The highest BCUT2D eigenvalue weighted by Gasteiger charge is 2.79. The van der Waals surface area contributed by atoms with E-state index < -0.39 is 41.4 Å². The zero-order chi connectivity index (χ0) is 32.5. The van der Waals surface area contributed by atoms with Gasteiger partial charge in [-0.05, 0) is 98.1 Å². The number of carbonyl (C=O) groups excluding carboxylic acids is 3. The van der Waals surface area contributed by atoms with Crippen LogP contribution in [0.4, 0.5) is 22.0 Å². The van der Waals surface area contributed by atoms with Crippen molar-refractivity contribution in [3.8, 4) is 0 Å². The Morgan fingerprint density at radius 2 is 1.64 bits per heavy atom. The lowest BCUT2D eigenvalue weighted by atomic mass is 9.50. The number of piperidine rings is 1. The van der Waals surface area contributed by atoms with Gasteiger partial charge in [0.15, 0.2) is 5.78 Å². The number of esters is 1. The number of rotatable bonds is 4. The Hall–Kier alpha value is -3.08. The van der Waals surface area contributed by atoms with E-state index in [4.69, 9.17) is 4.74 Å². The summed E-state index contributed by atoms with van der Waals surface area (Å²) < 4.78 is 76.6. The van der Waals surface area contributed by atoms with E-state index in [1.165, 1.54) is 14.0 Å². The van der Waals surface area contributed by atoms with Crippen LogP contribution in [0.25, 0.3) is 0 Å². The first-order valence-electron chi connectivity index (χ1n) is 15.7. The van der Waals surface area contributed by atoms with Crippen molar-refractivity contribution in [2.45, 2.75) is 88.3 Å². The molecule has 2 saturated carbocycles. The van der Waals surface area contributed by atoms with Gasteiger partial charge >= 0.3 is 18.1 Å². The number of methoxy groups -OCH3 is 1. The number of hydrogen-bond donors (Lipinski definition) is 1. The smallest absolute Gasteiger partial charge is 0.456 e. The molecule has 0 aromatic heterocycles. The van der Waals surface area contributed by atoms with Gasteiger partial charge in [0, 0.05) is 36.4 Å². The Bertz CT molecular complexity index is 1460. The monoisotopic (exact) mass is 635 g/mol. The van der Waals surface area contributed by atoms with E-state index in [1.54, 1.807) is 35.2 Å². The van der Waals surface area contributed by atoms with Crippen LogP contribution in [0.3, 0.4) is 0 Å². The normalized spacial score (nSPS) is 32.4. The molecule has 3 fully saturated rings. The summed E-state index contributed by atoms with van der Waals surface area (Å²) in [5.74, 6) is -7.53. The number of amides is 1. The number of likely N-dealkylation sites (tertiary alicyclic amines) is 1. The quantitative estimate of drug-likeness (QED) is 0.300. The highest BCUT2D eigenvalue weighted by atomic mass is 19.4. The molecule has 0 radical (unpaired) electrons. The maximum Gasteiger partial charge on any atom is 0.456 e. The van der Waals surface area contributed by atoms with Crippen molar-refractivity contribution in [1.29, 1.82) is 0 Å². The average molecular weight is 636 g/mol. The summed E-state index contributed by atoms with van der Waals surface area (Å²) in [5.41, 5.74) is -1.07. The number of halogens is 5. The Morgan fingerprint density at radius 3 is 2.27 bits per heavy atom. The summed E-state index contributed by atoms with van der Waals surface area (Å²) in [6, 6.07) is 6.76. The fourth-order valence-electron chi connectivity index (χ4n) is 9.24. The van der Waals surface area contributed by atoms with Gasteiger partial charge in [0.1, 0.15) is 5.60 Å². The number of hydrogen-bond acceptors (Lipinski definition) is 5. The summed E-state index contributed by atoms with van der Waals surface area (Å²) in [4.78, 5) is 39.1. The summed E-state index contributed by atoms with van der Waals surface area (Å²) in [7, 11) is 1.33. The Balaban J connectivity index is 1.36. The van der Waals surface area contributed by atoms with E-state index in [0.29, 0.717) is 62.7 Å². The third-order valence-electron chi connectivity index (χ3n) is 11.6. The summed E-state index contributed by atoms with van der Waals surface area (Å²) >= 11 is 0. The molecule has 2 unspecified atom stereocenters. The molecule has 6 rings (SSSR count). The Labute approximate surface area is 258 Å². The molecule has 0 bridgehead atoms. The van der Waals surface area contributed by atoms with Gasteiger partial charge in [0.05, 0.1) is 13.0 Å². The van der Waals surface area contributed by atoms with Crippen LogP contribution >= 0.6 is 0 Å². The van der Waals surface area contributed by atoms with Crippen LogP contribution in [0.1, 0.15) is 86.6 Å². The second-order valence-electron chi connectivity index (χ2n) is 13.7. The Kier molecular flexibility index (Phi) is 7.81. The maximum atomic E-state index is 15.2. The number of benzene rings is 1. The number of fused-ring (bicyclic) bond motifs is 4. The lowest BCUT2D eigenvalue weighted by Gasteiger charge is -2.56. The summed E-state index contributed by atoms with van der Waals surface area (Å²) in [6.45, 7) is 2.17. The van der Waals surface area contributed by atoms with Gasteiger partial charge in [0.2, 0.25) is 0 Å². The Morgan fingerprint density at radius 1 is 0.978 bits per heavy atom. The van der Waals surface area contributed by atoms with E-state index in [1.807, 2.05) is 0 Å². The van der Waals surface area contributed by atoms with Crippen molar-refractivity contribution in [2.24, 2.45) is 23.2 Å². The van der Waals surface area contributed by atoms with E-state index in [0.717, 1.165) is 16.7 Å².